The molecule has 1 aromatic rings. The zero-order valence-corrected chi connectivity index (χ0v) is 15.9. The molecule has 0 radical (unpaired) electrons. The topological polar surface area (TPSA) is 76.7 Å². The van der Waals surface area contributed by atoms with E-state index in [2.05, 4.69) is 10.3 Å². The first kappa shape index (κ1) is 20.6. The third-order valence-electron chi connectivity index (χ3n) is 2.76. The average Bonchev–Trinajstić information content (AvgIpc) is 2.44. The summed E-state index contributed by atoms with van der Waals surface area (Å²) in [6, 6.07) is 9.09. The van der Waals surface area contributed by atoms with Crippen molar-refractivity contribution < 1.29 is 9.53 Å². The zero-order valence-electron chi connectivity index (χ0n) is 13.6. The van der Waals surface area contributed by atoms with E-state index in [1.165, 1.54) is 0 Å². The number of aliphatic imine (C=N–C) groups is 1. The van der Waals surface area contributed by atoms with E-state index in [-0.39, 0.29) is 17.9 Å². The predicted molar refractivity (Wildman–Crippen MR) is 100 cm³/mol. The summed E-state index contributed by atoms with van der Waals surface area (Å²) >= 11 is 16.7. The van der Waals surface area contributed by atoms with Gasteiger partial charge in [-0.05, 0) is 12.1 Å². The van der Waals surface area contributed by atoms with Gasteiger partial charge in [-0.15, -0.1) is 0 Å². The van der Waals surface area contributed by atoms with E-state index < -0.39 is 9.89 Å². The average molecular weight is 393 g/mol. The molecule has 0 aliphatic carbocycles. The Kier molecular flexibility index (Phi) is 7.39. The van der Waals surface area contributed by atoms with E-state index in [1.54, 1.807) is 18.2 Å². The molecular formula is C16H20Cl3N3O2. The van der Waals surface area contributed by atoms with Gasteiger partial charge in [0.25, 0.3) is 0 Å². The molecule has 0 spiro atoms. The lowest BCUT2D eigenvalue weighted by Crippen LogP contribution is -2.33. The van der Waals surface area contributed by atoms with Crippen molar-refractivity contribution >= 4 is 52.4 Å². The number of amides is 1. The fourth-order valence-corrected chi connectivity index (χ4v) is 1.55. The van der Waals surface area contributed by atoms with Crippen LogP contribution in [-0.4, -0.2) is 22.3 Å². The molecule has 0 fully saturated rings. The number of nitrogens with two attached hydrogens (primary N) is 1. The van der Waals surface area contributed by atoms with Gasteiger partial charge >= 0.3 is 6.09 Å². The number of rotatable bonds is 3. The molecule has 132 valence electrons. The smallest absolute Gasteiger partial charge is 0.412 e. The molecule has 0 saturated heterocycles. The number of nitrogens with zero attached hydrogens (tertiary/aromatic N) is 1. The molecule has 0 unspecified atom stereocenters. The van der Waals surface area contributed by atoms with Crippen molar-refractivity contribution in [1.29, 1.82) is 0 Å². The molecule has 0 atom stereocenters. The van der Waals surface area contributed by atoms with E-state index >= 15 is 0 Å². The molecular weight excluding hydrogens is 373 g/mol. The van der Waals surface area contributed by atoms with E-state index in [1.807, 2.05) is 39.0 Å². The maximum absolute atomic E-state index is 11.9. The van der Waals surface area contributed by atoms with E-state index in [0.29, 0.717) is 11.4 Å². The Labute approximate surface area is 156 Å². The van der Waals surface area contributed by atoms with Gasteiger partial charge in [-0.3, -0.25) is 5.32 Å². The first-order valence-electron chi connectivity index (χ1n) is 7.09. The van der Waals surface area contributed by atoms with Crippen molar-refractivity contribution in [2.24, 2.45) is 16.1 Å². The minimum absolute atomic E-state index is 0.225. The van der Waals surface area contributed by atoms with Gasteiger partial charge in [-0.1, -0.05) is 73.8 Å². The van der Waals surface area contributed by atoms with Gasteiger partial charge in [0.05, 0.1) is 5.69 Å². The van der Waals surface area contributed by atoms with Gasteiger partial charge < -0.3 is 10.5 Å². The summed E-state index contributed by atoms with van der Waals surface area (Å²) in [6.07, 6.45) is 0.776. The van der Waals surface area contributed by atoms with Crippen LogP contribution in [0.4, 0.5) is 10.5 Å². The normalized spacial score (nSPS) is 13.6. The van der Waals surface area contributed by atoms with E-state index in [9.17, 15) is 4.79 Å². The molecule has 0 aliphatic heterocycles. The van der Waals surface area contributed by atoms with Crippen LogP contribution in [0, 0.1) is 5.41 Å². The summed E-state index contributed by atoms with van der Waals surface area (Å²) in [6.45, 7) is 5.45. The maximum atomic E-state index is 11.9. The molecule has 3 N–H and O–H groups in total. The van der Waals surface area contributed by atoms with Crippen molar-refractivity contribution in [3.05, 3.63) is 42.1 Å². The van der Waals surface area contributed by atoms with Crippen molar-refractivity contribution in [2.45, 2.75) is 24.6 Å². The van der Waals surface area contributed by atoms with Crippen LogP contribution in [0.15, 0.2) is 47.1 Å². The highest BCUT2D eigenvalue weighted by atomic mass is 35.6. The highest BCUT2D eigenvalue weighted by Crippen LogP contribution is 2.26. The number of carbonyl (C=O) groups is 1. The largest absolute Gasteiger partial charge is 0.445 e. The minimum atomic E-state index is -1.69. The molecule has 8 heteroatoms. The Morgan fingerprint density at radius 2 is 1.83 bits per heavy atom. The van der Waals surface area contributed by atoms with Crippen LogP contribution < -0.4 is 11.1 Å². The number of ether oxygens (including phenoxy) is 1. The Hall–Kier alpha value is -1.43. The Morgan fingerprint density at radius 3 is 2.33 bits per heavy atom. The lowest BCUT2D eigenvalue weighted by Gasteiger charge is -2.19. The number of halogens is 3. The summed E-state index contributed by atoms with van der Waals surface area (Å²) in [5.74, 6) is 0.225. The molecule has 0 heterocycles. The van der Waals surface area contributed by atoms with Crippen LogP contribution in [0.2, 0.25) is 0 Å². The standard InChI is InChI=1S/C16H20Cl3N3O2/c1-15(2,3)12(20)9-13(21-11-7-5-4-6-8-11)22-14(23)24-10-16(17,18)19/h4-9H,10,20H2,1-3H3,(H,21,22,23)/b12-9-. The van der Waals surface area contributed by atoms with Crippen LogP contribution in [-0.2, 0) is 4.74 Å². The molecule has 0 bridgehead atoms. The molecule has 0 aromatic heterocycles. The molecule has 1 aromatic carbocycles. The van der Waals surface area contributed by atoms with Crippen molar-refractivity contribution in [1.82, 2.24) is 5.32 Å². The summed E-state index contributed by atoms with van der Waals surface area (Å²) < 4.78 is 3.16. The second-order valence-electron chi connectivity index (χ2n) is 6.00. The number of hydrogen-bond acceptors (Lipinski definition) is 4. The number of allylic oxidation sites excluding steroid dienone is 1. The fourth-order valence-electron chi connectivity index (χ4n) is 1.39. The van der Waals surface area contributed by atoms with Crippen LogP contribution >= 0.6 is 34.8 Å². The van der Waals surface area contributed by atoms with Crippen LogP contribution in [0.1, 0.15) is 20.8 Å². The predicted octanol–water partition coefficient (Wildman–Crippen LogP) is 4.70. The summed E-state index contributed by atoms with van der Waals surface area (Å²) in [5, 5.41) is 2.50. The number of amidine groups is 1. The first-order valence-corrected chi connectivity index (χ1v) is 8.23. The molecule has 1 amide bonds. The lowest BCUT2D eigenvalue weighted by atomic mass is 9.92. The molecule has 5 nitrogen and oxygen atoms in total. The highest BCUT2D eigenvalue weighted by Gasteiger charge is 2.22. The lowest BCUT2D eigenvalue weighted by molar-refractivity contribution is 0.154. The Balaban J connectivity index is 2.98. The van der Waals surface area contributed by atoms with Gasteiger partial charge in [0, 0.05) is 17.2 Å². The molecule has 24 heavy (non-hydrogen) atoms. The summed E-state index contributed by atoms with van der Waals surface area (Å²) in [5.41, 5.74) is 6.94. The molecule has 0 saturated carbocycles. The number of alkyl carbamates (subject to hydrolysis) is 1. The van der Waals surface area contributed by atoms with Crippen LogP contribution in [0.5, 0.6) is 0 Å². The van der Waals surface area contributed by atoms with E-state index in [0.717, 1.165) is 0 Å². The van der Waals surface area contributed by atoms with Gasteiger partial charge in [-0.25, -0.2) is 9.79 Å². The van der Waals surface area contributed by atoms with Crippen molar-refractivity contribution in [2.75, 3.05) is 6.61 Å². The third kappa shape index (κ3) is 8.43. The Morgan fingerprint density at radius 1 is 1.25 bits per heavy atom. The van der Waals surface area contributed by atoms with Gasteiger partial charge in [-0.2, -0.15) is 0 Å². The quantitative estimate of drug-likeness (QED) is 0.444. The van der Waals surface area contributed by atoms with Crippen LogP contribution in [0.25, 0.3) is 0 Å². The summed E-state index contributed by atoms with van der Waals surface area (Å²) in [4.78, 5) is 16.2. The van der Waals surface area contributed by atoms with Crippen molar-refractivity contribution in [3.8, 4) is 0 Å². The second kappa shape index (κ2) is 8.60. The number of benzene rings is 1. The fraction of sp³-hybridized carbons (Fsp3) is 0.375. The third-order valence-corrected chi connectivity index (χ3v) is 3.09. The number of carbonyl (C=O) groups excluding carboxylic acids is 1. The van der Waals surface area contributed by atoms with Gasteiger partial charge in [0.15, 0.2) is 0 Å². The van der Waals surface area contributed by atoms with Gasteiger partial charge in [0.2, 0.25) is 3.79 Å². The monoisotopic (exact) mass is 391 g/mol. The van der Waals surface area contributed by atoms with Crippen molar-refractivity contribution in [3.63, 3.8) is 0 Å². The summed E-state index contributed by atoms with van der Waals surface area (Å²) in [7, 11) is 0. The number of nitrogens with one attached hydrogen (secondary N) is 1. The second-order valence-corrected chi connectivity index (χ2v) is 8.51. The molecule has 0 aliphatic rings. The number of para-hydroxylation sites is 1. The zero-order chi connectivity index (χ0) is 18.4. The number of hydrogen-bond donors (Lipinski definition) is 2. The molecule has 1 rings (SSSR count). The maximum Gasteiger partial charge on any atom is 0.412 e. The SMILES string of the molecule is CC(C)(C)/C(N)=C/C(=Nc1ccccc1)NC(=O)OCC(Cl)(Cl)Cl. The van der Waals surface area contributed by atoms with Gasteiger partial charge in [0.1, 0.15) is 12.4 Å². The highest BCUT2D eigenvalue weighted by molar-refractivity contribution is 6.67. The van der Waals surface area contributed by atoms with E-state index in [4.69, 9.17) is 45.3 Å². The van der Waals surface area contributed by atoms with Crippen LogP contribution in [0.3, 0.4) is 0 Å². The number of alkyl halides is 3. The minimum Gasteiger partial charge on any atom is -0.445 e. The first-order chi connectivity index (χ1) is 11.0. The Bertz CT molecular complexity index is 618.